The molecule has 0 spiro atoms. The molecule has 13 nitrogen and oxygen atoms in total. The Hall–Kier alpha value is -2.32. The molecule has 1 N–H and O–H groups in total. The van der Waals surface area contributed by atoms with E-state index in [-0.39, 0.29) is 32.5 Å². The second kappa shape index (κ2) is 18.0. The lowest BCUT2D eigenvalue weighted by Crippen LogP contribution is -2.34. The average molecular weight is 507 g/mol. The topological polar surface area (TPSA) is 148 Å². The molecule has 1 rings (SSSR count). The van der Waals surface area contributed by atoms with Crippen molar-refractivity contribution in [3.05, 3.63) is 0 Å². The highest BCUT2D eigenvalue weighted by Gasteiger charge is 2.32. The highest BCUT2D eigenvalue weighted by atomic mass is 16.7. The number of hydrogen-bond donors (Lipinski definition) is 1. The van der Waals surface area contributed by atoms with Crippen LogP contribution >= 0.6 is 0 Å². The van der Waals surface area contributed by atoms with Crippen molar-refractivity contribution < 1.29 is 52.4 Å². The van der Waals surface area contributed by atoms with Crippen molar-refractivity contribution in [1.82, 2.24) is 10.4 Å². The van der Waals surface area contributed by atoms with E-state index in [1.54, 1.807) is 20.8 Å². The molecule has 35 heavy (non-hydrogen) atoms. The minimum atomic E-state index is -0.702. The third-order valence-corrected chi connectivity index (χ3v) is 4.05. The van der Waals surface area contributed by atoms with E-state index in [0.717, 1.165) is 0 Å². The second-order valence-corrected chi connectivity index (χ2v) is 8.29. The van der Waals surface area contributed by atoms with Crippen molar-refractivity contribution in [3.8, 4) is 0 Å². The smallest absolute Gasteiger partial charge is 0.407 e. The first-order valence-corrected chi connectivity index (χ1v) is 11.6. The summed E-state index contributed by atoms with van der Waals surface area (Å²) in [5.41, 5.74) is -0.525. The average Bonchev–Trinajstić information content (AvgIpc) is 3.09. The third-order valence-electron chi connectivity index (χ3n) is 4.05. The molecule has 0 aromatic carbocycles. The van der Waals surface area contributed by atoms with E-state index in [1.165, 1.54) is 0 Å². The van der Waals surface area contributed by atoms with Gasteiger partial charge in [0.05, 0.1) is 72.5 Å². The first-order chi connectivity index (χ1) is 16.7. The molecule has 0 aromatic rings. The summed E-state index contributed by atoms with van der Waals surface area (Å²) in [6, 6.07) is 0. The zero-order chi connectivity index (χ0) is 25.9. The Morgan fingerprint density at radius 3 is 1.63 bits per heavy atom. The summed E-state index contributed by atoms with van der Waals surface area (Å²) in [6.07, 6.45) is -0.429. The van der Waals surface area contributed by atoms with Crippen LogP contribution in [0.2, 0.25) is 0 Å². The molecule has 1 fully saturated rings. The van der Waals surface area contributed by atoms with Gasteiger partial charge in [0, 0.05) is 19.4 Å². The zero-order valence-corrected chi connectivity index (χ0v) is 20.8. The molecule has 0 atom stereocenters. The molecule has 0 radical (unpaired) electrons. The highest BCUT2D eigenvalue weighted by Crippen LogP contribution is 2.12. The fourth-order valence-electron chi connectivity index (χ4n) is 2.48. The van der Waals surface area contributed by atoms with Gasteiger partial charge in [0.15, 0.2) is 0 Å². The van der Waals surface area contributed by atoms with Crippen LogP contribution in [0, 0.1) is 0 Å². The summed E-state index contributed by atoms with van der Waals surface area (Å²) in [5, 5.41) is 3.11. The van der Waals surface area contributed by atoms with Gasteiger partial charge in [-0.15, -0.1) is 5.06 Å². The normalized spacial score (nSPS) is 13.9. The Morgan fingerprint density at radius 1 is 0.743 bits per heavy atom. The zero-order valence-electron chi connectivity index (χ0n) is 20.8. The molecule has 0 saturated carbocycles. The second-order valence-electron chi connectivity index (χ2n) is 8.29. The van der Waals surface area contributed by atoms with Crippen molar-refractivity contribution in [2.24, 2.45) is 0 Å². The molecule has 1 aliphatic rings. The van der Waals surface area contributed by atoms with Gasteiger partial charge in [0.25, 0.3) is 11.8 Å². The summed E-state index contributed by atoms with van der Waals surface area (Å²) in [6.45, 7) is 9.29. The van der Waals surface area contributed by atoms with Gasteiger partial charge in [-0.3, -0.25) is 9.59 Å². The van der Waals surface area contributed by atoms with Crippen molar-refractivity contribution in [1.29, 1.82) is 0 Å². The predicted molar refractivity (Wildman–Crippen MR) is 120 cm³/mol. The summed E-state index contributed by atoms with van der Waals surface area (Å²) < 4.78 is 31.8. The van der Waals surface area contributed by atoms with E-state index in [2.05, 4.69) is 5.32 Å². The molecule has 13 heteroatoms. The van der Waals surface area contributed by atoms with Gasteiger partial charge in [-0.05, 0) is 20.8 Å². The quantitative estimate of drug-likeness (QED) is 0.194. The standard InChI is InChI=1S/C22H38N2O11/c1-22(2,3)34-21(28)23-7-9-30-11-13-32-15-17-33-16-14-31-12-10-29-8-6-20(27)35-24-18(25)4-5-19(24)26/h4-17H2,1-3H3,(H,23,28). The molecule has 0 aromatic heterocycles. The number of carbonyl (C=O) groups is 4. The lowest BCUT2D eigenvalue weighted by Gasteiger charge is -2.19. The SMILES string of the molecule is CC(C)(C)OC(=O)NCCOCCOCCOCCOCCOCCC(=O)ON1C(=O)CCC1=O. The van der Waals surface area contributed by atoms with Crippen LogP contribution in [0.3, 0.4) is 0 Å². The van der Waals surface area contributed by atoms with Crippen LogP contribution in [0.1, 0.15) is 40.0 Å². The summed E-state index contributed by atoms with van der Waals surface area (Å²) in [4.78, 5) is 50.4. The van der Waals surface area contributed by atoms with Crippen molar-refractivity contribution in [2.75, 3.05) is 72.6 Å². The van der Waals surface area contributed by atoms with Crippen LogP contribution in [0.15, 0.2) is 0 Å². The monoisotopic (exact) mass is 506 g/mol. The fourth-order valence-corrected chi connectivity index (χ4v) is 2.48. The summed E-state index contributed by atoms with van der Waals surface area (Å²) in [5.74, 6) is -1.73. The van der Waals surface area contributed by atoms with Gasteiger partial charge in [0.1, 0.15) is 5.60 Å². The van der Waals surface area contributed by atoms with Gasteiger partial charge >= 0.3 is 12.1 Å². The summed E-state index contributed by atoms with van der Waals surface area (Å²) >= 11 is 0. The van der Waals surface area contributed by atoms with E-state index >= 15 is 0 Å². The van der Waals surface area contributed by atoms with Gasteiger partial charge < -0.3 is 38.6 Å². The van der Waals surface area contributed by atoms with Gasteiger partial charge in [-0.1, -0.05) is 0 Å². The van der Waals surface area contributed by atoms with Crippen molar-refractivity contribution >= 4 is 23.9 Å². The van der Waals surface area contributed by atoms with E-state index < -0.39 is 29.5 Å². The number of rotatable bonds is 19. The third kappa shape index (κ3) is 16.9. The largest absolute Gasteiger partial charge is 0.444 e. The minimum absolute atomic E-state index is 0.0592. The minimum Gasteiger partial charge on any atom is -0.444 e. The number of hydroxylamine groups is 2. The van der Waals surface area contributed by atoms with E-state index in [0.29, 0.717) is 64.5 Å². The Kier molecular flexibility index (Phi) is 15.8. The molecular formula is C22H38N2O11. The van der Waals surface area contributed by atoms with Crippen molar-refractivity contribution in [3.63, 3.8) is 0 Å². The molecule has 3 amide bonds. The number of nitrogens with one attached hydrogen (secondary N) is 1. The number of ether oxygens (including phenoxy) is 6. The lowest BCUT2D eigenvalue weighted by atomic mass is 10.2. The molecule has 0 aliphatic carbocycles. The van der Waals surface area contributed by atoms with Gasteiger partial charge in [0.2, 0.25) is 0 Å². The molecule has 1 aliphatic heterocycles. The molecule has 1 saturated heterocycles. The Balaban J connectivity index is 1.77. The molecular weight excluding hydrogens is 468 g/mol. The molecule has 202 valence electrons. The number of alkyl carbamates (subject to hydrolysis) is 1. The van der Waals surface area contributed by atoms with E-state index in [4.69, 9.17) is 33.3 Å². The van der Waals surface area contributed by atoms with E-state index in [9.17, 15) is 19.2 Å². The van der Waals surface area contributed by atoms with Gasteiger partial charge in [-0.25, -0.2) is 9.59 Å². The molecule has 1 heterocycles. The number of carbonyl (C=O) groups excluding carboxylic acids is 4. The maximum atomic E-state index is 11.6. The number of amides is 3. The van der Waals surface area contributed by atoms with Crippen LogP contribution in [0.25, 0.3) is 0 Å². The van der Waals surface area contributed by atoms with Crippen LogP contribution in [-0.4, -0.2) is 107 Å². The Bertz CT molecular complexity index is 636. The maximum absolute atomic E-state index is 11.6. The number of imide groups is 1. The number of hydrogen-bond acceptors (Lipinski definition) is 11. The fraction of sp³-hybridized carbons (Fsp3) is 0.818. The first-order valence-electron chi connectivity index (χ1n) is 11.6. The first kappa shape index (κ1) is 30.7. The Labute approximate surface area is 205 Å². The van der Waals surface area contributed by atoms with Crippen LogP contribution < -0.4 is 5.32 Å². The number of nitrogens with zero attached hydrogens (tertiary/aromatic N) is 1. The van der Waals surface area contributed by atoms with E-state index in [1.807, 2.05) is 0 Å². The lowest BCUT2D eigenvalue weighted by molar-refractivity contribution is -0.198. The van der Waals surface area contributed by atoms with Crippen LogP contribution in [0.5, 0.6) is 0 Å². The van der Waals surface area contributed by atoms with Crippen LogP contribution in [-0.2, 0) is 47.6 Å². The molecule has 0 bridgehead atoms. The highest BCUT2D eigenvalue weighted by molar-refractivity contribution is 6.01. The van der Waals surface area contributed by atoms with Crippen molar-refractivity contribution in [2.45, 2.75) is 45.6 Å². The van der Waals surface area contributed by atoms with Crippen LogP contribution in [0.4, 0.5) is 4.79 Å². The predicted octanol–water partition coefficient (Wildman–Crippen LogP) is 0.591. The Morgan fingerprint density at radius 2 is 1.17 bits per heavy atom. The van der Waals surface area contributed by atoms with Gasteiger partial charge in [-0.2, -0.15) is 0 Å². The summed E-state index contributed by atoms with van der Waals surface area (Å²) in [7, 11) is 0. The maximum Gasteiger partial charge on any atom is 0.407 e. The molecule has 0 unspecified atom stereocenters.